The number of aromatic nitrogens is 2. The standard InChI is InChI=1S/C21H21N3O5/c1-13(14-7-8-17-18(11-14)29-10-4-9-28-17)22-19(25)12-24-21(27)16-6-3-2-5-15(16)20(26)23-24/h2-3,5-8,11,13H,4,9-10,12H2,1H3,(H,22,25)(H,23,26). The lowest BCUT2D eigenvalue weighted by atomic mass is 10.1. The molecule has 4 rings (SSSR count). The summed E-state index contributed by atoms with van der Waals surface area (Å²) in [5.41, 5.74) is 0.0180. The molecule has 29 heavy (non-hydrogen) atoms. The highest BCUT2D eigenvalue weighted by Crippen LogP contribution is 2.32. The Kier molecular flexibility index (Phi) is 5.07. The average Bonchev–Trinajstić information content (AvgIpc) is 2.96. The lowest BCUT2D eigenvalue weighted by Crippen LogP contribution is -2.37. The van der Waals surface area contributed by atoms with E-state index < -0.39 is 17.0 Å². The quantitative estimate of drug-likeness (QED) is 0.700. The second-order valence-corrected chi connectivity index (χ2v) is 6.92. The van der Waals surface area contributed by atoms with Crippen LogP contribution in [0.3, 0.4) is 0 Å². The van der Waals surface area contributed by atoms with Gasteiger partial charge in [-0.2, -0.15) is 0 Å². The van der Waals surface area contributed by atoms with Gasteiger partial charge < -0.3 is 14.8 Å². The molecule has 0 saturated carbocycles. The van der Waals surface area contributed by atoms with Crippen LogP contribution in [0.4, 0.5) is 0 Å². The van der Waals surface area contributed by atoms with Gasteiger partial charge in [-0.05, 0) is 36.8 Å². The molecule has 150 valence electrons. The molecule has 1 aliphatic heterocycles. The van der Waals surface area contributed by atoms with Crippen molar-refractivity contribution in [2.24, 2.45) is 0 Å². The summed E-state index contributed by atoms with van der Waals surface area (Å²) in [7, 11) is 0. The molecule has 1 aliphatic rings. The Morgan fingerprint density at radius 3 is 2.62 bits per heavy atom. The number of nitrogens with one attached hydrogen (secondary N) is 2. The molecule has 1 aromatic heterocycles. The van der Waals surface area contributed by atoms with E-state index in [0.717, 1.165) is 16.7 Å². The Morgan fingerprint density at radius 2 is 1.83 bits per heavy atom. The zero-order chi connectivity index (χ0) is 20.4. The Labute approximate surface area is 166 Å². The largest absolute Gasteiger partial charge is 0.490 e. The highest BCUT2D eigenvalue weighted by molar-refractivity contribution is 5.81. The summed E-state index contributed by atoms with van der Waals surface area (Å²) >= 11 is 0. The van der Waals surface area contributed by atoms with E-state index in [2.05, 4.69) is 10.4 Å². The number of amides is 1. The molecule has 8 nitrogen and oxygen atoms in total. The molecule has 0 bridgehead atoms. The number of aromatic amines is 1. The number of carbonyl (C=O) groups is 1. The predicted octanol–water partition coefficient (Wildman–Crippen LogP) is 1.73. The van der Waals surface area contributed by atoms with E-state index in [4.69, 9.17) is 9.47 Å². The predicted molar refractivity (Wildman–Crippen MR) is 107 cm³/mol. The fourth-order valence-electron chi connectivity index (χ4n) is 3.32. The molecule has 8 heteroatoms. The van der Waals surface area contributed by atoms with Gasteiger partial charge in [-0.3, -0.25) is 19.5 Å². The van der Waals surface area contributed by atoms with Crippen molar-refractivity contribution in [3.05, 3.63) is 68.7 Å². The SMILES string of the molecule is CC(NC(=O)Cn1[nH]c(=O)c2ccccc2c1=O)c1ccc2c(c1)OCCCO2. The van der Waals surface area contributed by atoms with Gasteiger partial charge in [0.1, 0.15) is 6.54 Å². The van der Waals surface area contributed by atoms with E-state index in [1.807, 2.05) is 25.1 Å². The van der Waals surface area contributed by atoms with E-state index >= 15 is 0 Å². The topological polar surface area (TPSA) is 102 Å². The lowest BCUT2D eigenvalue weighted by molar-refractivity contribution is -0.122. The van der Waals surface area contributed by atoms with Gasteiger partial charge in [0, 0.05) is 6.42 Å². The third kappa shape index (κ3) is 3.87. The minimum atomic E-state index is -0.418. The minimum Gasteiger partial charge on any atom is -0.490 e. The number of hydrogen-bond donors (Lipinski definition) is 2. The molecule has 0 fully saturated rings. The molecule has 2 aromatic carbocycles. The molecule has 0 saturated heterocycles. The number of nitrogens with zero attached hydrogens (tertiary/aromatic N) is 1. The highest BCUT2D eigenvalue weighted by Gasteiger charge is 2.16. The van der Waals surface area contributed by atoms with Crippen molar-refractivity contribution in [2.75, 3.05) is 13.2 Å². The van der Waals surface area contributed by atoms with Crippen LogP contribution in [0.15, 0.2) is 52.1 Å². The van der Waals surface area contributed by atoms with Crippen molar-refractivity contribution in [2.45, 2.75) is 25.9 Å². The zero-order valence-corrected chi connectivity index (χ0v) is 15.9. The average molecular weight is 395 g/mol. The van der Waals surface area contributed by atoms with Crippen molar-refractivity contribution >= 4 is 16.7 Å². The van der Waals surface area contributed by atoms with Crippen LogP contribution in [0.5, 0.6) is 11.5 Å². The molecule has 1 atom stereocenters. The van der Waals surface area contributed by atoms with Gasteiger partial charge in [-0.15, -0.1) is 0 Å². The molecule has 2 N–H and O–H groups in total. The van der Waals surface area contributed by atoms with Gasteiger partial charge >= 0.3 is 0 Å². The summed E-state index contributed by atoms with van der Waals surface area (Å²) in [6.07, 6.45) is 0.814. The van der Waals surface area contributed by atoms with E-state index in [1.54, 1.807) is 24.3 Å². The Bertz CT molecular complexity index is 1180. The third-order valence-corrected chi connectivity index (χ3v) is 4.83. The van der Waals surface area contributed by atoms with Gasteiger partial charge in [0.15, 0.2) is 11.5 Å². The molecule has 0 radical (unpaired) electrons. The molecule has 1 amide bonds. The van der Waals surface area contributed by atoms with Crippen molar-refractivity contribution in [1.29, 1.82) is 0 Å². The van der Waals surface area contributed by atoms with E-state index in [0.29, 0.717) is 30.1 Å². The summed E-state index contributed by atoms with van der Waals surface area (Å²) in [6, 6.07) is 11.7. The van der Waals surface area contributed by atoms with E-state index in [1.165, 1.54) is 0 Å². The van der Waals surface area contributed by atoms with Crippen LogP contribution < -0.4 is 25.9 Å². The molecular formula is C21H21N3O5. The van der Waals surface area contributed by atoms with Crippen LogP contribution in [0, 0.1) is 0 Å². The number of H-pyrrole nitrogens is 1. The summed E-state index contributed by atoms with van der Waals surface area (Å²) in [5, 5.41) is 5.88. The fraction of sp³-hybridized carbons (Fsp3) is 0.286. The van der Waals surface area contributed by atoms with Gasteiger partial charge in [0.2, 0.25) is 5.91 Å². The second kappa shape index (κ2) is 7.83. The first-order chi connectivity index (χ1) is 14.0. The van der Waals surface area contributed by atoms with Gasteiger partial charge in [0.05, 0.1) is 30.0 Å². The number of rotatable bonds is 4. The number of benzene rings is 2. The monoisotopic (exact) mass is 395 g/mol. The van der Waals surface area contributed by atoms with E-state index in [-0.39, 0.29) is 18.0 Å². The second-order valence-electron chi connectivity index (χ2n) is 6.92. The Balaban J connectivity index is 1.51. The highest BCUT2D eigenvalue weighted by atomic mass is 16.5. The number of ether oxygens (including phenoxy) is 2. The first-order valence-electron chi connectivity index (χ1n) is 9.44. The summed E-state index contributed by atoms with van der Waals surface area (Å²) in [5.74, 6) is 0.943. The first kappa shape index (κ1) is 18.8. The van der Waals surface area contributed by atoms with Crippen molar-refractivity contribution in [1.82, 2.24) is 15.1 Å². The number of fused-ring (bicyclic) bond motifs is 2. The van der Waals surface area contributed by atoms with Crippen molar-refractivity contribution in [3.8, 4) is 11.5 Å². The van der Waals surface area contributed by atoms with Gasteiger partial charge in [-0.1, -0.05) is 18.2 Å². The van der Waals surface area contributed by atoms with Crippen molar-refractivity contribution < 1.29 is 14.3 Å². The normalized spacial score (nSPS) is 14.2. The maximum Gasteiger partial charge on any atom is 0.273 e. The maximum absolute atomic E-state index is 12.5. The molecule has 2 heterocycles. The fourth-order valence-corrected chi connectivity index (χ4v) is 3.32. The zero-order valence-electron chi connectivity index (χ0n) is 15.9. The Hall–Kier alpha value is -3.55. The number of carbonyl (C=O) groups excluding carboxylic acids is 1. The molecule has 3 aromatic rings. The molecule has 1 unspecified atom stereocenters. The van der Waals surface area contributed by atoms with Crippen LogP contribution in [-0.4, -0.2) is 28.9 Å². The molecular weight excluding hydrogens is 374 g/mol. The maximum atomic E-state index is 12.5. The summed E-state index contributed by atoms with van der Waals surface area (Å²) in [6.45, 7) is 2.74. The van der Waals surface area contributed by atoms with Crippen molar-refractivity contribution in [3.63, 3.8) is 0 Å². The Morgan fingerprint density at radius 1 is 1.10 bits per heavy atom. The van der Waals surface area contributed by atoms with Crippen LogP contribution in [0.25, 0.3) is 10.8 Å². The first-order valence-corrected chi connectivity index (χ1v) is 9.44. The number of hydrogen-bond acceptors (Lipinski definition) is 5. The summed E-state index contributed by atoms with van der Waals surface area (Å²) in [4.78, 5) is 37.2. The van der Waals surface area contributed by atoms with Crippen LogP contribution in [0.2, 0.25) is 0 Å². The van der Waals surface area contributed by atoms with E-state index in [9.17, 15) is 14.4 Å². The van der Waals surface area contributed by atoms with Crippen LogP contribution in [0.1, 0.15) is 24.9 Å². The van der Waals surface area contributed by atoms with Crippen LogP contribution in [-0.2, 0) is 11.3 Å². The third-order valence-electron chi connectivity index (χ3n) is 4.83. The van der Waals surface area contributed by atoms with Crippen LogP contribution >= 0.6 is 0 Å². The molecule has 0 aliphatic carbocycles. The minimum absolute atomic E-state index is 0.278. The van der Waals surface area contributed by atoms with Gasteiger partial charge in [-0.25, -0.2) is 4.68 Å². The van der Waals surface area contributed by atoms with Gasteiger partial charge in [0.25, 0.3) is 11.1 Å². The molecule has 0 spiro atoms. The lowest BCUT2D eigenvalue weighted by Gasteiger charge is -2.17. The summed E-state index contributed by atoms with van der Waals surface area (Å²) < 4.78 is 12.3. The smallest absolute Gasteiger partial charge is 0.273 e.